The van der Waals surface area contributed by atoms with Gasteiger partial charge in [0.15, 0.2) is 5.82 Å². The second kappa shape index (κ2) is 8.74. The number of imidazole rings is 1. The van der Waals surface area contributed by atoms with Crippen LogP contribution in [0.1, 0.15) is 13.8 Å². The third kappa shape index (κ3) is 3.88. The van der Waals surface area contributed by atoms with Crippen LogP contribution in [0.15, 0.2) is 85.7 Å². The summed E-state index contributed by atoms with van der Waals surface area (Å²) in [7, 11) is 0. The van der Waals surface area contributed by atoms with Crippen LogP contribution in [0, 0.1) is 5.92 Å². The molecule has 6 aromatic rings. The molecule has 0 radical (unpaired) electrons. The van der Waals surface area contributed by atoms with Crippen LogP contribution in [0.25, 0.3) is 55.8 Å². The van der Waals surface area contributed by atoms with Gasteiger partial charge in [-0.3, -0.25) is 20.1 Å². The van der Waals surface area contributed by atoms with E-state index in [4.69, 9.17) is 4.98 Å². The third-order valence-electron chi connectivity index (χ3n) is 6.20. The van der Waals surface area contributed by atoms with E-state index < -0.39 is 0 Å². The van der Waals surface area contributed by atoms with Crippen molar-refractivity contribution < 1.29 is 0 Å². The first kappa shape index (κ1) is 21.7. The van der Waals surface area contributed by atoms with E-state index in [9.17, 15) is 0 Å². The number of aromatic nitrogens is 7. The average Bonchev–Trinajstić information content (AvgIpc) is 3.53. The van der Waals surface area contributed by atoms with E-state index in [0.717, 1.165) is 61.4 Å². The quantitative estimate of drug-likeness (QED) is 0.266. The number of rotatable bonds is 6. The average molecular weight is 473 g/mol. The van der Waals surface area contributed by atoms with Crippen molar-refractivity contribution in [1.29, 1.82) is 0 Å². The van der Waals surface area contributed by atoms with Crippen LogP contribution in [-0.4, -0.2) is 35.1 Å². The topological polar surface area (TPSA) is 108 Å². The highest BCUT2D eigenvalue weighted by Gasteiger charge is 2.16. The fourth-order valence-corrected chi connectivity index (χ4v) is 4.13. The van der Waals surface area contributed by atoms with Gasteiger partial charge in [0.2, 0.25) is 0 Å². The zero-order valence-electron chi connectivity index (χ0n) is 19.9. The Kier molecular flexibility index (Phi) is 5.26. The second-order valence-corrected chi connectivity index (χ2v) is 8.98. The predicted octanol–water partition coefficient (Wildman–Crippen LogP) is 6.21. The number of anilines is 1. The first-order chi connectivity index (χ1) is 17.6. The molecule has 0 atom stereocenters. The first-order valence-corrected chi connectivity index (χ1v) is 11.7. The Bertz CT molecular complexity index is 1710. The fourth-order valence-electron chi connectivity index (χ4n) is 4.13. The summed E-state index contributed by atoms with van der Waals surface area (Å²) in [5, 5.41) is 12.0. The molecule has 0 saturated heterocycles. The van der Waals surface area contributed by atoms with E-state index in [1.54, 1.807) is 24.8 Å². The molecule has 0 saturated carbocycles. The molecule has 8 nitrogen and oxygen atoms in total. The summed E-state index contributed by atoms with van der Waals surface area (Å²) in [5.74, 6) is 1.00. The van der Waals surface area contributed by atoms with Crippen molar-refractivity contribution in [2.45, 2.75) is 13.8 Å². The Morgan fingerprint density at radius 1 is 0.889 bits per heavy atom. The smallest absolute Gasteiger partial charge is 0.159 e. The van der Waals surface area contributed by atoms with E-state index >= 15 is 0 Å². The molecule has 5 heterocycles. The van der Waals surface area contributed by atoms with Gasteiger partial charge in [-0.1, -0.05) is 26.5 Å². The minimum atomic E-state index is 0.330. The number of H-pyrrole nitrogens is 2. The molecule has 0 unspecified atom stereocenters. The molecule has 6 rings (SSSR count). The van der Waals surface area contributed by atoms with Gasteiger partial charge in [0.1, 0.15) is 11.2 Å². The zero-order valence-corrected chi connectivity index (χ0v) is 19.9. The molecular formula is C28H24N8. The number of hydrogen-bond acceptors (Lipinski definition) is 6. The summed E-state index contributed by atoms with van der Waals surface area (Å²) in [4.78, 5) is 21.5. The van der Waals surface area contributed by atoms with Gasteiger partial charge in [-0.2, -0.15) is 5.10 Å². The Morgan fingerprint density at radius 3 is 2.61 bits per heavy atom. The highest BCUT2D eigenvalue weighted by atomic mass is 15.1. The monoisotopic (exact) mass is 472 g/mol. The Labute approximate surface area is 207 Å². The summed E-state index contributed by atoms with van der Waals surface area (Å²) in [5.41, 5.74) is 8.92. The number of nitrogens with zero attached hydrogens (tertiary/aromatic N) is 5. The lowest BCUT2D eigenvalue weighted by molar-refractivity contribution is 0.778. The van der Waals surface area contributed by atoms with Crippen LogP contribution in [0.3, 0.4) is 0 Å². The highest BCUT2D eigenvalue weighted by molar-refractivity contribution is 5.97. The van der Waals surface area contributed by atoms with Crippen molar-refractivity contribution in [2.24, 2.45) is 5.92 Å². The highest BCUT2D eigenvalue weighted by Crippen LogP contribution is 2.32. The normalized spacial score (nSPS) is 11.4. The number of nitrogens with one attached hydrogen (secondary N) is 3. The molecule has 0 bridgehead atoms. The summed E-state index contributed by atoms with van der Waals surface area (Å²) in [6, 6.07) is 14.1. The molecule has 0 fully saturated rings. The van der Waals surface area contributed by atoms with Crippen LogP contribution < -0.4 is 5.32 Å². The van der Waals surface area contributed by atoms with Crippen LogP contribution in [0.5, 0.6) is 0 Å². The molecule has 0 amide bonds. The fraction of sp³-hybridized carbons (Fsp3) is 0.107. The lowest BCUT2D eigenvalue weighted by Crippen LogP contribution is -2.04. The van der Waals surface area contributed by atoms with Gasteiger partial charge < -0.3 is 10.3 Å². The lowest BCUT2D eigenvalue weighted by Gasteiger charge is -2.13. The van der Waals surface area contributed by atoms with E-state index in [1.165, 1.54) is 0 Å². The largest absolute Gasteiger partial charge is 0.358 e. The summed E-state index contributed by atoms with van der Waals surface area (Å²) in [6.45, 7) is 8.32. The van der Waals surface area contributed by atoms with Crippen molar-refractivity contribution >= 4 is 27.6 Å². The molecule has 5 aromatic heterocycles. The van der Waals surface area contributed by atoms with E-state index in [2.05, 4.69) is 74.1 Å². The van der Waals surface area contributed by atoms with Crippen LogP contribution in [-0.2, 0) is 0 Å². The van der Waals surface area contributed by atoms with Gasteiger partial charge in [-0.25, -0.2) is 4.98 Å². The molecule has 0 spiro atoms. The van der Waals surface area contributed by atoms with Crippen molar-refractivity contribution in [3.63, 3.8) is 0 Å². The molecule has 0 aliphatic carbocycles. The molecule has 36 heavy (non-hydrogen) atoms. The maximum atomic E-state index is 4.89. The standard InChI is InChI=1S/C28H24N8/c1-16(2)17(3)32-21-11-20(14-30-15-21)18-6-7-23-22(12-18)26(36-35-23)28-33-24-8-10-31-25(27(24)34-28)19-5-4-9-29-13-19/h4-16,32H,3H2,1-2H3,(H,33,34)(H,35,36). The maximum Gasteiger partial charge on any atom is 0.159 e. The Balaban J connectivity index is 1.41. The minimum absolute atomic E-state index is 0.330. The van der Waals surface area contributed by atoms with Gasteiger partial charge in [0.25, 0.3) is 0 Å². The number of allylic oxidation sites excluding steroid dienone is 1. The van der Waals surface area contributed by atoms with Crippen LogP contribution in [0.2, 0.25) is 0 Å². The van der Waals surface area contributed by atoms with Gasteiger partial charge in [-0.15, -0.1) is 0 Å². The van der Waals surface area contributed by atoms with E-state index in [0.29, 0.717) is 11.7 Å². The minimum Gasteiger partial charge on any atom is -0.358 e. The summed E-state index contributed by atoms with van der Waals surface area (Å²) < 4.78 is 0. The van der Waals surface area contributed by atoms with E-state index in [-0.39, 0.29) is 0 Å². The van der Waals surface area contributed by atoms with Gasteiger partial charge in [0, 0.05) is 47.0 Å². The molecule has 1 aromatic carbocycles. The van der Waals surface area contributed by atoms with Crippen LogP contribution in [0.4, 0.5) is 5.69 Å². The van der Waals surface area contributed by atoms with E-state index in [1.807, 2.05) is 30.5 Å². The van der Waals surface area contributed by atoms with Crippen molar-refractivity contribution in [2.75, 3.05) is 5.32 Å². The van der Waals surface area contributed by atoms with Crippen molar-refractivity contribution in [3.8, 4) is 33.9 Å². The summed E-state index contributed by atoms with van der Waals surface area (Å²) >= 11 is 0. The number of aromatic amines is 2. The maximum absolute atomic E-state index is 4.89. The Morgan fingerprint density at radius 2 is 1.78 bits per heavy atom. The van der Waals surface area contributed by atoms with Crippen molar-refractivity contribution in [1.82, 2.24) is 35.1 Å². The van der Waals surface area contributed by atoms with Crippen molar-refractivity contribution in [3.05, 3.63) is 85.7 Å². The lowest BCUT2D eigenvalue weighted by atomic mass is 10.0. The molecular weight excluding hydrogens is 448 g/mol. The Hall–Kier alpha value is -4.85. The molecule has 0 aliphatic heterocycles. The van der Waals surface area contributed by atoms with Crippen LogP contribution >= 0.6 is 0 Å². The summed E-state index contributed by atoms with van der Waals surface area (Å²) in [6.07, 6.45) is 8.97. The van der Waals surface area contributed by atoms with Gasteiger partial charge >= 0.3 is 0 Å². The van der Waals surface area contributed by atoms with Gasteiger partial charge in [-0.05, 0) is 47.9 Å². The number of pyridine rings is 3. The molecule has 8 heteroatoms. The first-order valence-electron chi connectivity index (χ1n) is 11.7. The molecule has 0 aliphatic rings. The number of fused-ring (bicyclic) bond motifs is 2. The van der Waals surface area contributed by atoms with Gasteiger partial charge in [0.05, 0.1) is 28.6 Å². The zero-order chi connectivity index (χ0) is 24.6. The number of hydrogen-bond donors (Lipinski definition) is 3. The SMILES string of the molecule is C=C(Nc1cncc(-c2ccc3[nH]nc(-c4nc5c(-c6cccnc6)nccc5[nH]4)c3c2)c1)C(C)C. The second-order valence-electron chi connectivity index (χ2n) is 8.98. The third-order valence-corrected chi connectivity index (χ3v) is 6.20. The number of benzene rings is 1. The predicted molar refractivity (Wildman–Crippen MR) is 143 cm³/mol. The molecule has 176 valence electrons. The molecule has 3 N–H and O–H groups in total.